The number of rotatable bonds is 5. The third kappa shape index (κ3) is 3.69. The summed E-state index contributed by atoms with van der Waals surface area (Å²) in [5, 5.41) is 7.00. The molecule has 25 heavy (non-hydrogen) atoms. The maximum atomic E-state index is 12.2. The predicted octanol–water partition coefficient (Wildman–Crippen LogP) is 4.48. The molecule has 5 nitrogen and oxygen atoms in total. The molecule has 0 unspecified atom stereocenters. The van der Waals surface area contributed by atoms with E-state index in [0.29, 0.717) is 10.9 Å². The van der Waals surface area contributed by atoms with Gasteiger partial charge in [0.2, 0.25) is 5.91 Å². The number of hydrogen-bond donors (Lipinski definition) is 1. The van der Waals surface area contributed by atoms with Crippen LogP contribution in [0.5, 0.6) is 0 Å². The van der Waals surface area contributed by atoms with Crippen LogP contribution in [0.25, 0.3) is 10.2 Å². The highest BCUT2D eigenvalue weighted by Gasteiger charge is 2.21. The summed E-state index contributed by atoms with van der Waals surface area (Å²) in [4.78, 5) is 27.1. The lowest BCUT2D eigenvalue weighted by molar-refractivity contribution is -0.113. The van der Waals surface area contributed by atoms with E-state index in [0.717, 1.165) is 33.2 Å². The first-order chi connectivity index (χ1) is 12.2. The van der Waals surface area contributed by atoms with E-state index < -0.39 is 0 Å². The van der Waals surface area contributed by atoms with E-state index in [1.807, 2.05) is 11.6 Å². The number of aryl methyl sites for hydroxylation is 2. The van der Waals surface area contributed by atoms with E-state index in [1.165, 1.54) is 46.4 Å². The van der Waals surface area contributed by atoms with Crippen LogP contribution in [0.2, 0.25) is 0 Å². The van der Waals surface area contributed by atoms with Crippen LogP contribution in [0.15, 0.2) is 21.8 Å². The van der Waals surface area contributed by atoms with Crippen LogP contribution in [0.3, 0.4) is 0 Å². The first-order valence-electron chi connectivity index (χ1n) is 7.93. The van der Waals surface area contributed by atoms with Crippen molar-refractivity contribution in [3.63, 3.8) is 0 Å². The zero-order valence-corrected chi connectivity index (χ0v) is 16.8. The van der Waals surface area contributed by atoms with E-state index in [-0.39, 0.29) is 5.91 Å². The Kier molecular flexibility index (Phi) is 5.25. The molecule has 3 heterocycles. The van der Waals surface area contributed by atoms with Crippen molar-refractivity contribution >= 4 is 67.5 Å². The van der Waals surface area contributed by atoms with Gasteiger partial charge >= 0.3 is 0 Å². The molecule has 0 radical (unpaired) electrons. The maximum Gasteiger partial charge on any atom is 0.236 e. The summed E-state index contributed by atoms with van der Waals surface area (Å²) in [5.74, 6) is 0.265. The van der Waals surface area contributed by atoms with Crippen molar-refractivity contribution in [1.82, 2.24) is 15.0 Å². The number of anilines is 1. The molecule has 0 saturated carbocycles. The second kappa shape index (κ2) is 7.61. The summed E-state index contributed by atoms with van der Waals surface area (Å²) in [6, 6.07) is 0. The summed E-state index contributed by atoms with van der Waals surface area (Å²) in [5.41, 5.74) is 2.50. The van der Waals surface area contributed by atoms with E-state index in [9.17, 15) is 4.79 Å². The van der Waals surface area contributed by atoms with Crippen molar-refractivity contribution in [2.24, 2.45) is 0 Å². The number of nitrogens with one attached hydrogen (secondary N) is 1. The lowest BCUT2D eigenvalue weighted by Gasteiger charge is -2.10. The van der Waals surface area contributed by atoms with Crippen molar-refractivity contribution in [3.05, 3.63) is 22.0 Å². The van der Waals surface area contributed by atoms with Crippen molar-refractivity contribution in [3.8, 4) is 0 Å². The van der Waals surface area contributed by atoms with Gasteiger partial charge in [-0.2, -0.15) is 0 Å². The molecule has 9 heteroatoms. The van der Waals surface area contributed by atoms with Crippen LogP contribution in [-0.2, 0) is 17.6 Å². The monoisotopic (exact) mass is 408 g/mol. The quantitative estimate of drug-likeness (QED) is 0.381. The van der Waals surface area contributed by atoms with E-state index >= 15 is 0 Å². The van der Waals surface area contributed by atoms with E-state index in [2.05, 4.69) is 15.3 Å². The Morgan fingerprint density at radius 1 is 1.32 bits per heavy atom. The Morgan fingerprint density at radius 3 is 3.00 bits per heavy atom. The minimum absolute atomic E-state index is 0.0567. The van der Waals surface area contributed by atoms with Crippen molar-refractivity contribution < 1.29 is 4.79 Å². The summed E-state index contributed by atoms with van der Waals surface area (Å²) in [6.45, 7) is 0. The van der Waals surface area contributed by atoms with Crippen LogP contribution in [0.1, 0.15) is 23.3 Å². The minimum Gasteiger partial charge on any atom is -0.301 e. The lowest BCUT2D eigenvalue weighted by atomic mass is 9.98. The molecule has 130 valence electrons. The number of carbonyl (C=O) groups is 1. The highest BCUT2D eigenvalue weighted by molar-refractivity contribution is 8.00. The zero-order valence-electron chi connectivity index (χ0n) is 13.6. The zero-order chi connectivity index (χ0) is 17.2. The number of thioether (sulfide) groups is 2. The molecule has 0 atom stereocenters. The van der Waals surface area contributed by atoms with Crippen LogP contribution >= 0.6 is 46.2 Å². The summed E-state index contributed by atoms with van der Waals surface area (Å²) in [7, 11) is 0. The van der Waals surface area contributed by atoms with Gasteiger partial charge in [-0.3, -0.25) is 4.79 Å². The smallest absolute Gasteiger partial charge is 0.236 e. The molecule has 3 aromatic rings. The number of aromatic nitrogens is 3. The second-order valence-corrected chi connectivity index (χ2v) is 9.32. The number of carbonyl (C=O) groups excluding carboxylic acids is 1. The van der Waals surface area contributed by atoms with Gasteiger partial charge in [-0.25, -0.2) is 15.0 Å². The first kappa shape index (κ1) is 17.3. The summed E-state index contributed by atoms with van der Waals surface area (Å²) < 4.78 is 1.14. The summed E-state index contributed by atoms with van der Waals surface area (Å²) in [6.07, 6.45) is 8.40. The van der Waals surface area contributed by atoms with Crippen molar-refractivity contribution in [2.75, 3.05) is 17.3 Å². The number of thiazole rings is 1. The van der Waals surface area contributed by atoms with E-state index in [1.54, 1.807) is 29.3 Å². The number of amides is 1. The molecule has 0 fully saturated rings. The van der Waals surface area contributed by atoms with Gasteiger partial charge in [-0.05, 0) is 37.5 Å². The number of fused-ring (bicyclic) bond motifs is 3. The molecule has 4 rings (SSSR count). The average molecular weight is 409 g/mol. The highest BCUT2D eigenvalue weighted by Crippen LogP contribution is 2.40. The Bertz CT molecular complexity index is 907. The predicted molar refractivity (Wildman–Crippen MR) is 107 cm³/mol. The van der Waals surface area contributed by atoms with Crippen LogP contribution in [0, 0.1) is 0 Å². The SMILES string of the molecule is CSc1nc(SCC(=O)Nc2nccs2)c2sc3c(c2n1)CCCC3. The fourth-order valence-corrected chi connectivity index (χ4v) is 6.04. The molecule has 1 aliphatic rings. The lowest BCUT2D eigenvalue weighted by Crippen LogP contribution is -2.13. The number of thiophene rings is 1. The third-order valence-corrected chi connectivity index (χ3v) is 7.57. The van der Waals surface area contributed by atoms with Gasteiger partial charge in [0, 0.05) is 16.5 Å². The molecule has 0 aliphatic heterocycles. The Balaban J connectivity index is 1.59. The first-order valence-corrected chi connectivity index (χ1v) is 11.8. The molecule has 1 amide bonds. The third-order valence-electron chi connectivity index (χ3n) is 3.94. The Labute approximate surface area is 162 Å². The van der Waals surface area contributed by atoms with Gasteiger partial charge in [0.05, 0.1) is 16.0 Å². The largest absolute Gasteiger partial charge is 0.301 e. The number of nitrogens with zero attached hydrogens (tertiary/aromatic N) is 3. The topological polar surface area (TPSA) is 67.8 Å². The van der Waals surface area contributed by atoms with Crippen LogP contribution < -0.4 is 5.32 Å². The molecule has 0 saturated heterocycles. The maximum absolute atomic E-state index is 12.2. The van der Waals surface area contributed by atoms with Crippen LogP contribution in [0.4, 0.5) is 5.13 Å². The molecule has 3 aromatic heterocycles. The number of hydrogen-bond acceptors (Lipinski definition) is 8. The van der Waals surface area contributed by atoms with Gasteiger partial charge in [-0.15, -0.1) is 22.7 Å². The van der Waals surface area contributed by atoms with Gasteiger partial charge in [-0.1, -0.05) is 23.5 Å². The average Bonchev–Trinajstić information content (AvgIpc) is 3.27. The van der Waals surface area contributed by atoms with Crippen LogP contribution in [-0.4, -0.2) is 32.9 Å². The standard InChI is InChI=1S/C16H16N4OS4/c1-22-16-19-12-9-4-2-3-5-10(9)25-13(12)14(20-16)24-8-11(21)18-15-17-6-7-23-15/h6-7H,2-5,8H2,1H3,(H,17,18,21). The molecule has 1 aliphatic carbocycles. The molecule has 1 N–H and O–H groups in total. The molecule has 0 aromatic carbocycles. The highest BCUT2D eigenvalue weighted by atomic mass is 32.2. The van der Waals surface area contributed by atoms with Crippen molar-refractivity contribution in [1.29, 1.82) is 0 Å². The molecule has 0 spiro atoms. The minimum atomic E-state index is -0.0567. The fraction of sp³-hybridized carbons (Fsp3) is 0.375. The molecular formula is C16H16N4OS4. The fourth-order valence-electron chi connectivity index (χ4n) is 2.83. The van der Waals surface area contributed by atoms with Gasteiger partial charge in [0.1, 0.15) is 5.03 Å². The van der Waals surface area contributed by atoms with Gasteiger partial charge < -0.3 is 5.32 Å². The van der Waals surface area contributed by atoms with Gasteiger partial charge in [0.25, 0.3) is 0 Å². The molecular weight excluding hydrogens is 392 g/mol. The molecule has 0 bridgehead atoms. The van der Waals surface area contributed by atoms with E-state index in [4.69, 9.17) is 4.98 Å². The summed E-state index contributed by atoms with van der Waals surface area (Å²) >= 11 is 6.26. The van der Waals surface area contributed by atoms with Crippen molar-refractivity contribution in [2.45, 2.75) is 35.9 Å². The second-order valence-electron chi connectivity index (χ2n) is 5.58. The van der Waals surface area contributed by atoms with Gasteiger partial charge in [0.15, 0.2) is 10.3 Å². The Hall–Kier alpha value is -1.16. The Morgan fingerprint density at radius 2 is 2.20 bits per heavy atom. The normalized spacial score (nSPS) is 13.8.